The molecule has 4 aromatic carbocycles. The van der Waals surface area contributed by atoms with Gasteiger partial charge in [0, 0.05) is 12.0 Å². The first-order chi connectivity index (χ1) is 25.0. The van der Waals surface area contributed by atoms with Gasteiger partial charge >= 0.3 is 29.7 Å². The van der Waals surface area contributed by atoms with Crippen LogP contribution in [0.5, 0.6) is 11.5 Å². The summed E-state index contributed by atoms with van der Waals surface area (Å²) < 4.78 is 21.5. The van der Waals surface area contributed by atoms with Gasteiger partial charge in [0.05, 0.1) is 0 Å². The molecule has 13 heteroatoms. The Bertz CT molecular complexity index is 1840. The highest BCUT2D eigenvalue weighted by molar-refractivity contribution is 6.02. The largest absolute Gasteiger partial charge is 0.479 e. The number of esters is 1. The van der Waals surface area contributed by atoms with Crippen molar-refractivity contribution in [3.05, 3.63) is 132 Å². The summed E-state index contributed by atoms with van der Waals surface area (Å²) >= 11 is 0. The zero-order valence-corrected chi connectivity index (χ0v) is 28.1. The average molecular weight is 712 g/mol. The lowest BCUT2D eigenvalue weighted by molar-refractivity contribution is -0.221. The van der Waals surface area contributed by atoms with Crippen LogP contribution in [-0.4, -0.2) is 80.6 Å². The van der Waals surface area contributed by atoms with E-state index in [-0.39, 0.29) is 6.61 Å². The van der Waals surface area contributed by atoms with Gasteiger partial charge in [-0.2, -0.15) is 0 Å². The van der Waals surface area contributed by atoms with Gasteiger partial charge in [-0.1, -0.05) is 91.0 Å². The number of ether oxygens (including phenoxy) is 4. The molecule has 1 aliphatic rings. The fourth-order valence-corrected chi connectivity index (χ4v) is 5.95. The monoisotopic (exact) mass is 711 g/mol. The predicted molar refractivity (Wildman–Crippen MR) is 183 cm³/mol. The number of carboxylic acid groups (broad SMARTS) is 3. The number of benzene rings is 4. The van der Waals surface area contributed by atoms with E-state index < -0.39 is 66.3 Å². The highest BCUT2D eigenvalue weighted by Gasteiger charge is 2.64. The number of carboxylic acids is 3. The van der Waals surface area contributed by atoms with Crippen LogP contribution in [-0.2, 0) is 51.2 Å². The number of nitrogens with zero attached hydrogens (tertiary/aromatic N) is 1. The molecule has 0 unspecified atom stereocenters. The summed E-state index contributed by atoms with van der Waals surface area (Å²) in [4.78, 5) is 65.0. The van der Waals surface area contributed by atoms with Crippen LogP contribution in [0.25, 0.3) is 0 Å². The molecule has 0 aromatic heterocycles. The van der Waals surface area contributed by atoms with Crippen LogP contribution < -0.4 is 4.74 Å². The molecular formula is C39H37NO12. The summed E-state index contributed by atoms with van der Waals surface area (Å²) in [6.45, 7) is 0.821. The van der Waals surface area contributed by atoms with Crippen LogP contribution in [0.3, 0.4) is 0 Å². The van der Waals surface area contributed by atoms with E-state index >= 15 is 0 Å². The number of hydrogen-bond acceptors (Lipinski definition) is 9. The summed E-state index contributed by atoms with van der Waals surface area (Å²) in [5, 5.41) is 29.3. The van der Waals surface area contributed by atoms with E-state index in [1.165, 1.54) is 0 Å². The highest BCUT2D eigenvalue weighted by atomic mass is 16.8. The molecule has 0 bridgehead atoms. The number of aliphatic carboxylic acids is 3. The molecule has 3 N–H and O–H groups in total. The Balaban J connectivity index is 1.49. The van der Waals surface area contributed by atoms with E-state index in [1.54, 1.807) is 49.4 Å². The Hall–Kier alpha value is -6.05. The topological polar surface area (TPSA) is 186 Å². The lowest BCUT2D eigenvalue weighted by Gasteiger charge is -2.36. The first-order valence-corrected chi connectivity index (χ1v) is 16.4. The SMILES string of the molecule is C[C@H]([C@H](CCc1ccccc1)c1ccc(Oc2ccccc2)cc1)N(CC(=O)OCc1ccccc1)C(=O)[C@H]1OC(C(=O)O)(C(=O)O)O[C@@H]1C(=O)O. The average Bonchev–Trinajstić information content (AvgIpc) is 3.58. The molecule has 1 heterocycles. The predicted octanol–water partition coefficient (Wildman–Crippen LogP) is 4.89. The molecule has 1 amide bonds. The molecule has 0 spiro atoms. The zero-order valence-electron chi connectivity index (χ0n) is 28.1. The van der Waals surface area contributed by atoms with Gasteiger partial charge in [-0.3, -0.25) is 9.59 Å². The van der Waals surface area contributed by atoms with E-state index in [4.69, 9.17) is 18.9 Å². The van der Waals surface area contributed by atoms with E-state index in [0.29, 0.717) is 29.9 Å². The zero-order chi connectivity index (χ0) is 37.3. The second kappa shape index (κ2) is 16.8. The van der Waals surface area contributed by atoms with Crippen molar-refractivity contribution in [3.8, 4) is 11.5 Å². The van der Waals surface area contributed by atoms with Crippen molar-refractivity contribution < 1.29 is 58.2 Å². The number of amides is 1. The van der Waals surface area contributed by atoms with E-state index in [2.05, 4.69) is 0 Å². The summed E-state index contributed by atoms with van der Waals surface area (Å²) in [7, 11) is 0. The Morgan fingerprint density at radius 2 is 1.23 bits per heavy atom. The summed E-state index contributed by atoms with van der Waals surface area (Å²) in [5.74, 6) is -11.0. The second-order valence-electron chi connectivity index (χ2n) is 12.1. The first kappa shape index (κ1) is 37.2. The Morgan fingerprint density at radius 1 is 0.712 bits per heavy atom. The van der Waals surface area contributed by atoms with Gasteiger partial charge in [-0.25, -0.2) is 14.4 Å². The number of aryl methyl sites for hydroxylation is 1. The van der Waals surface area contributed by atoms with Crippen LogP contribution in [0.2, 0.25) is 0 Å². The third kappa shape index (κ3) is 8.81. The van der Waals surface area contributed by atoms with Gasteiger partial charge in [0.1, 0.15) is 24.7 Å². The molecule has 4 atom stereocenters. The first-order valence-electron chi connectivity index (χ1n) is 16.4. The standard InChI is InChI=1S/C39H37NO12/c1-25(31(22-17-26-11-5-2-6-12-26)28-18-20-30(21-19-28)50-29-15-9-4-10-16-29)40(23-32(41)49-24-27-13-7-3-8-14-27)35(42)33-34(36(43)44)52-39(51-33,37(45)46)38(47)48/h2-16,18-21,25,31,33-34H,17,22-24H2,1H3,(H,43,44)(H,45,46)(H,47,48)/t25-,31+,33+,34+/m1/s1. The molecule has 52 heavy (non-hydrogen) atoms. The third-order valence-electron chi connectivity index (χ3n) is 8.68. The maximum Gasteiger partial charge on any atom is 0.377 e. The van der Waals surface area contributed by atoms with Crippen LogP contribution in [0.1, 0.15) is 36.0 Å². The molecule has 1 fully saturated rings. The van der Waals surface area contributed by atoms with E-state index in [0.717, 1.165) is 16.0 Å². The normalized spacial score (nSPS) is 17.3. The maximum absolute atomic E-state index is 14.4. The number of hydrogen-bond donors (Lipinski definition) is 3. The molecular weight excluding hydrogens is 674 g/mol. The van der Waals surface area contributed by atoms with Crippen molar-refractivity contribution in [1.82, 2.24) is 4.90 Å². The molecule has 1 saturated heterocycles. The summed E-state index contributed by atoms with van der Waals surface area (Å²) in [6, 6.07) is 33.8. The van der Waals surface area contributed by atoms with Crippen molar-refractivity contribution in [3.63, 3.8) is 0 Å². The van der Waals surface area contributed by atoms with Crippen molar-refractivity contribution in [1.29, 1.82) is 0 Å². The minimum atomic E-state index is -3.48. The molecule has 270 valence electrons. The quantitative estimate of drug-likeness (QED) is 0.106. The molecule has 0 aliphatic carbocycles. The Labute approximate surface area is 298 Å². The minimum Gasteiger partial charge on any atom is -0.479 e. The summed E-state index contributed by atoms with van der Waals surface area (Å²) in [6.07, 6.45) is -3.59. The van der Waals surface area contributed by atoms with Crippen molar-refractivity contribution in [2.24, 2.45) is 0 Å². The smallest absolute Gasteiger partial charge is 0.377 e. The minimum absolute atomic E-state index is 0.127. The number of rotatable bonds is 16. The van der Waals surface area contributed by atoms with Gasteiger partial charge in [0.15, 0.2) is 12.2 Å². The van der Waals surface area contributed by atoms with Gasteiger partial charge < -0.3 is 39.2 Å². The van der Waals surface area contributed by atoms with Gasteiger partial charge in [0.25, 0.3) is 5.91 Å². The molecule has 0 radical (unpaired) electrons. The molecule has 1 aliphatic heterocycles. The van der Waals surface area contributed by atoms with Crippen molar-refractivity contribution >= 4 is 29.8 Å². The van der Waals surface area contributed by atoms with Crippen LogP contribution >= 0.6 is 0 Å². The number of carbonyl (C=O) groups excluding carboxylic acids is 2. The maximum atomic E-state index is 14.4. The van der Waals surface area contributed by atoms with Crippen molar-refractivity contribution in [2.75, 3.05) is 6.54 Å². The molecule has 4 aromatic rings. The summed E-state index contributed by atoms with van der Waals surface area (Å²) in [5.41, 5.74) is 2.41. The molecule has 0 saturated carbocycles. The van der Waals surface area contributed by atoms with E-state index in [1.807, 2.05) is 72.8 Å². The van der Waals surface area contributed by atoms with Crippen LogP contribution in [0.4, 0.5) is 0 Å². The molecule has 5 rings (SSSR count). The van der Waals surface area contributed by atoms with Gasteiger partial charge in [-0.05, 0) is 60.7 Å². The van der Waals surface area contributed by atoms with E-state index in [9.17, 15) is 39.3 Å². The number of carbonyl (C=O) groups is 5. The highest BCUT2D eigenvalue weighted by Crippen LogP contribution is 2.35. The van der Waals surface area contributed by atoms with Crippen LogP contribution in [0, 0.1) is 0 Å². The fraction of sp³-hybridized carbons (Fsp3) is 0.256. The molecule has 13 nitrogen and oxygen atoms in total. The number of para-hydroxylation sites is 1. The lowest BCUT2D eigenvalue weighted by atomic mass is 9.85. The fourth-order valence-electron chi connectivity index (χ4n) is 5.95. The Kier molecular flexibility index (Phi) is 12.0. The second-order valence-corrected chi connectivity index (χ2v) is 12.1. The van der Waals surface area contributed by atoms with Crippen LogP contribution in [0.15, 0.2) is 115 Å². The lowest BCUT2D eigenvalue weighted by Crippen LogP contribution is -2.53. The third-order valence-corrected chi connectivity index (χ3v) is 8.68. The van der Waals surface area contributed by atoms with Gasteiger partial charge in [0.2, 0.25) is 0 Å². The Morgan fingerprint density at radius 3 is 1.79 bits per heavy atom. The van der Waals surface area contributed by atoms with Crippen molar-refractivity contribution in [2.45, 2.75) is 56.3 Å². The van der Waals surface area contributed by atoms with Gasteiger partial charge in [-0.15, -0.1) is 0 Å².